The first-order valence-corrected chi connectivity index (χ1v) is 6.82. The summed E-state index contributed by atoms with van der Waals surface area (Å²) in [6.07, 6.45) is -5.52. The second-order valence-electron chi connectivity index (χ2n) is 5.12. The second kappa shape index (κ2) is 7.45. The maximum atomic E-state index is 13.1. The maximum Gasteiger partial charge on any atom is 0.418 e. The number of nitriles is 2. The van der Waals surface area contributed by atoms with Gasteiger partial charge in [0.15, 0.2) is 0 Å². The zero-order chi connectivity index (χ0) is 17.8. The highest BCUT2D eigenvalue weighted by Crippen LogP contribution is 2.37. The monoisotopic (exact) mass is 326 g/mol. The van der Waals surface area contributed by atoms with E-state index >= 15 is 0 Å². The minimum absolute atomic E-state index is 0.375. The normalized spacial score (nSPS) is 15.3. The fraction of sp³-hybridized carbons (Fsp3) is 0.500. The number of benzene rings is 1. The first-order valence-electron chi connectivity index (χ1n) is 6.82. The lowest BCUT2D eigenvalue weighted by atomic mass is 9.85. The lowest BCUT2D eigenvalue weighted by Crippen LogP contribution is -2.29. The van der Waals surface area contributed by atoms with E-state index in [9.17, 15) is 13.2 Å². The van der Waals surface area contributed by atoms with Crippen molar-refractivity contribution in [2.45, 2.75) is 38.1 Å². The van der Waals surface area contributed by atoms with Crippen molar-refractivity contribution in [2.24, 2.45) is 0 Å². The summed E-state index contributed by atoms with van der Waals surface area (Å²) in [6.45, 7) is 3.49. The lowest BCUT2D eigenvalue weighted by molar-refractivity contribution is -0.138. The van der Waals surface area contributed by atoms with E-state index in [0.29, 0.717) is 5.56 Å². The Balaban J connectivity index is 3.62. The van der Waals surface area contributed by atoms with E-state index in [1.165, 1.54) is 26.4 Å². The van der Waals surface area contributed by atoms with E-state index in [0.717, 1.165) is 12.1 Å². The van der Waals surface area contributed by atoms with E-state index in [1.807, 2.05) is 0 Å². The Bertz CT molecular complexity index is 599. The van der Waals surface area contributed by atoms with Crippen molar-refractivity contribution in [3.8, 4) is 12.1 Å². The number of hydrogen-bond acceptors (Lipinski definition) is 4. The van der Waals surface area contributed by atoms with Crippen molar-refractivity contribution >= 4 is 0 Å². The number of nitrogens with zero attached hydrogens (tertiary/aromatic N) is 2. The third-order valence-electron chi connectivity index (χ3n) is 3.82. The molecule has 0 aliphatic carbocycles. The SMILES string of the molecule is COC(C)C(c1cc(C#N)c(C(F)(F)F)c(C#N)c1)C(C)OC. The van der Waals surface area contributed by atoms with Crippen molar-refractivity contribution in [3.05, 3.63) is 34.4 Å². The van der Waals surface area contributed by atoms with Crippen LogP contribution in [0.1, 0.15) is 42.0 Å². The van der Waals surface area contributed by atoms with Gasteiger partial charge in [0.25, 0.3) is 0 Å². The summed E-state index contributed by atoms with van der Waals surface area (Å²) in [5.41, 5.74) is -1.97. The Hall–Kier alpha value is -2.09. The van der Waals surface area contributed by atoms with Gasteiger partial charge < -0.3 is 9.47 Å². The van der Waals surface area contributed by atoms with E-state index in [1.54, 1.807) is 13.8 Å². The Labute approximate surface area is 133 Å². The summed E-state index contributed by atoms with van der Waals surface area (Å²) >= 11 is 0. The minimum Gasteiger partial charge on any atom is -0.381 e. The van der Waals surface area contributed by atoms with Crippen LogP contribution in [0.4, 0.5) is 13.2 Å². The molecule has 23 heavy (non-hydrogen) atoms. The Morgan fingerprint density at radius 1 is 0.957 bits per heavy atom. The number of halogens is 3. The summed E-state index contributed by atoms with van der Waals surface area (Å²) in [7, 11) is 2.95. The molecule has 0 aliphatic rings. The van der Waals surface area contributed by atoms with Gasteiger partial charge >= 0.3 is 6.18 Å². The van der Waals surface area contributed by atoms with E-state index in [4.69, 9.17) is 20.0 Å². The predicted octanol–water partition coefficient (Wildman–Crippen LogP) is 3.60. The molecule has 0 bridgehead atoms. The van der Waals surface area contributed by atoms with Crippen molar-refractivity contribution < 1.29 is 22.6 Å². The second-order valence-corrected chi connectivity index (χ2v) is 5.12. The van der Waals surface area contributed by atoms with Gasteiger partial charge in [-0.3, -0.25) is 0 Å². The van der Waals surface area contributed by atoms with Gasteiger partial charge in [-0.05, 0) is 31.5 Å². The molecule has 4 nitrogen and oxygen atoms in total. The summed E-state index contributed by atoms with van der Waals surface area (Å²) in [5.74, 6) is -0.425. The molecule has 0 N–H and O–H groups in total. The number of ether oxygens (including phenoxy) is 2. The van der Waals surface area contributed by atoms with Crippen LogP contribution in [-0.2, 0) is 15.7 Å². The molecule has 0 amide bonds. The summed E-state index contributed by atoms with van der Waals surface area (Å²) in [4.78, 5) is 0. The molecule has 0 saturated heterocycles. The fourth-order valence-electron chi connectivity index (χ4n) is 2.56. The zero-order valence-corrected chi connectivity index (χ0v) is 13.2. The third kappa shape index (κ3) is 4.01. The molecule has 0 spiro atoms. The Morgan fingerprint density at radius 3 is 1.61 bits per heavy atom. The zero-order valence-electron chi connectivity index (χ0n) is 13.2. The molecule has 1 aromatic rings. The third-order valence-corrected chi connectivity index (χ3v) is 3.82. The number of methoxy groups -OCH3 is 2. The van der Waals surface area contributed by atoms with Crippen molar-refractivity contribution in [3.63, 3.8) is 0 Å². The smallest absolute Gasteiger partial charge is 0.381 e. The Morgan fingerprint density at radius 2 is 1.35 bits per heavy atom. The molecule has 0 aromatic heterocycles. The minimum atomic E-state index is -4.77. The van der Waals surface area contributed by atoms with Crippen molar-refractivity contribution in [1.29, 1.82) is 10.5 Å². The largest absolute Gasteiger partial charge is 0.418 e. The van der Waals surface area contributed by atoms with Crippen LogP contribution < -0.4 is 0 Å². The molecule has 7 heteroatoms. The van der Waals surface area contributed by atoms with Gasteiger partial charge in [0, 0.05) is 20.1 Å². The molecule has 0 heterocycles. The van der Waals surface area contributed by atoms with Gasteiger partial charge in [-0.1, -0.05) is 0 Å². The van der Waals surface area contributed by atoms with Gasteiger partial charge in [0.2, 0.25) is 0 Å². The van der Waals surface area contributed by atoms with Crippen LogP contribution in [0, 0.1) is 22.7 Å². The summed E-state index contributed by atoms with van der Waals surface area (Å²) in [6, 6.07) is 5.37. The lowest BCUT2D eigenvalue weighted by Gasteiger charge is -2.29. The molecular weight excluding hydrogens is 309 g/mol. The van der Waals surface area contributed by atoms with Crippen molar-refractivity contribution in [1.82, 2.24) is 0 Å². The molecular formula is C16H17F3N2O2. The van der Waals surface area contributed by atoms with E-state index in [2.05, 4.69) is 0 Å². The Kier molecular flexibility index (Phi) is 6.14. The van der Waals surface area contributed by atoms with Crippen LogP contribution in [-0.4, -0.2) is 26.4 Å². The maximum absolute atomic E-state index is 13.1. The van der Waals surface area contributed by atoms with Crippen LogP contribution in [0.25, 0.3) is 0 Å². The molecule has 124 valence electrons. The van der Waals surface area contributed by atoms with Crippen LogP contribution in [0.3, 0.4) is 0 Å². The van der Waals surface area contributed by atoms with Crippen LogP contribution in [0.2, 0.25) is 0 Å². The molecule has 2 unspecified atom stereocenters. The van der Waals surface area contributed by atoms with Gasteiger partial charge in [-0.2, -0.15) is 23.7 Å². The predicted molar refractivity (Wildman–Crippen MR) is 76.6 cm³/mol. The standard InChI is InChI=1S/C16H17F3N2O2/c1-9(22-3)14(10(2)23-4)11-5-12(7-20)15(16(17,18)19)13(6-11)8-21/h5-6,9-10,14H,1-4H3. The van der Waals surface area contributed by atoms with Crippen LogP contribution in [0.5, 0.6) is 0 Å². The first kappa shape index (κ1) is 19.0. The fourth-order valence-corrected chi connectivity index (χ4v) is 2.56. The van der Waals surface area contributed by atoms with E-state index in [-0.39, 0.29) is 12.2 Å². The molecule has 1 aromatic carbocycles. The quantitative estimate of drug-likeness (QED) is 0.829. The van der Waals surface area contributed by atoms with Gasteiger partial charge in [-0.15, -0.1) is 0 Å². The van der Waals surface area contributed by atoms with Gasteiger partial charge in [-0.25, -0.2) is 0 Å². The van der Waals surface area contributed by atoms with Crippen molar-refractivity contribution in [2.75, 3.05) is 14.2 Å². The summed E-state index contributed by atoms with van der Waals surface area (Å²) in [5, 5.41) is 18.2. The molecule has 0 radical (unpaired) electrons. The number of alkyl halides is 3. The molecule has 0 aliphatic heterocycles. The highest BCUT2D eigenvalue weighted by Gasteiger charge is 2.38. The molecule has 0 fully saturated rings. The first-order chi connectivity index (χ1) is 10.7. The van der Waals surface area contributed by atoms with Gasteiger partial charge in [0.1, 0.15) is 0 Å². The highest BCUT2D eigenvalue weighted by molar-refractivity contribution is 5.53. The number of hydrogen-bond donors (Lipinski definition) is 0. The summed E-state index contributed by atoms with van der Waals surface area (Å²) < 4.78 is 49.9. The average Bonchev–Trinajstić information content (AvgIpc) is 2.52. The van der Waals surface area contributed by atoms with Crippen LogP contribution >= 0.6 is 0 Å². The highest BCUT2D eigenvalue weighted by atomic mass is 19.4. The van der Waals surface area contributed by atoms with E-state index < -0.39 is 28.8 Å². The van der Waals surface area contributed by atoms with Crippen LogP contribution in [0.15, 0.2) is 12.1 Å². The molecule has 0 saturated carbocycles. The van der Waals surface area contributed by atoms with Gasteiger partial charge in [0.05, 0.1) is 41.0 Å². The number of rotatable bonds is 5. The molecule has 1 rings (SSSR count). The average molecular weight is 326 g/mol. The molecule has 2 atom stereocenters. The topological polar surface area (TPSA) is 66.0 Å².